The molecule has 6 heteroatoms. The summed E-state index contributed by atoms with van der Waals surface area (Å²) in [6.07, 6.45) is -0.264. The van der Waals surface area contributed by atoms with Crippen LogP contribution in [0.3, 0.4) is 0 Å². The number of benzene rings is 1. The van der Waals surface area contributed by atoms with Gasteiger partial charge in [0.15, 0.2) is 0 Å². The van der Waals surface area contributed by atoms with Crippen molar-refractivity contribution in [2.75, 3.05) is 20.2 Å². The minimum absolute atomic E-state index is 0.0987. The quantitative estimate of drug-likeness (QED) is 0.850. The van der Waals surface area contributed by atoms with Crippen LogP contribution < -0.4 is 0 Å². The number of nitrogens with zero attached hydrogens (tertiary/aromatic N) is 1. The smallest absolute Gasteiger partial charge is 0.267 e. The van der Waals surface area contributed by atoms with E-state index in [0.717, 1.165) is 10.0 Å². The van der Waals surface area contributed by atoms with Crippen molar-refractivity contribution in [1.82, 2.24) is 4.90 Å². The molecule has 104 valence electrons. The molecule has 0 unspecified atom stereocenters. The Bertz CT molecular complexity index is 494. The van der Waals surface area contributed by atoms with Gasteiger partial charge in [-0.3, -0.25) is 4.79 Å². The van der Waals surface area contributed by atoms with E-state index in [1.54, 1.807) is 25.3 Å². The number of hydrogen-bond acceptors (Lipinski definition) is 2. The van der Waals surface area contributed by atoms with Crippen LogP contribution in [0.1, 0.15) is 22.3 Å². The summed E-state index contributed by atoms with van der Waals surface area (Å²) >= 11 is 3.36. The number of halogens is 3. The fourth-order valence-electron chi connectivity index (χ4n) is 2.07. The molecule has 0 bridgehead atoms. The number of methoxy groups -OCH3 is 1. The van der Waals surface area contributed by atoms with Crippen LogP contribution in [0.25, 0.3) is 0 Å². The first-order valence-corrected chi connectivity index (χ1v) is 6.67. The highest BCUT2D eigenvalue weighted by atomic mass is 79.9. The van der Waals surface area contributed by atoms with Gasteiger partial charge >= 0.3 is 0 Å². The summed E-state index contributed by atoms with van der Waals surface area (Å²) in [5.41, 5.74) is 1.23. The van der Waals surface area contributed by atoms with Crippen molar-refractivity contribution in [3.05, 3.63) is 33.8 Å². The van der Waals surface area contributed by atoms with E-state index in [2.05, 4.69) is 15.9 Å². The molecule has 1 amide bonds. The van der Waals surface area contributed by atoms with E-state index in [1.807, 2.05) is 0 Å². The SMILES string of the molecule is COCc1cc(C(=O)N2CCC(F)(F)C2)ccc1Br. The molecule has 1 saturated heterocycles. The van der Waals surface area contributed by atoms with E-state index >= 15 is 0 Å². The molecular weight excluding hydrogens is 320 g/mol. The zero-order valence-corrected chi connectivity index (χ0v) is 12.0. The second-order valence-corrected chi connectivity index (χ2v) is 5.43. The maximum atomic E-state index is 13.1. The fraction of sp³-hybridized carbons (Fsp3) is 0.462. The Morgan fingerprint density at radius 2 is 2.26 bits per heavy atom. The monoisotopic (exact) mass is 333 g/mol. The van der Waals surface area contributed by atoms with E-state index in [1.165, 1.54) is 4.90 Å². The average molecular weight is 334 g/mol. The van der Waals surface area contributed by atoms with Gasteiger partial charge in [-0.05, 0) is 23.8 Å². The molecule has 0 spiro atoms. The first-order chi connectivity index (χ1) is 8.93. The molecule has 0 N–H and O–H groups in total. The largest absolute Gasteiger partial charge is 0.380 e. The Morgan fingerprint density at radius 3 is 2.84 bits per heavy atom. The molecule has 1 fully saturated rings. The second kappa shape index (κ2) is 5.54. The van der Waals surface area contributed by atoms with Gasteiger partial charge in [0.2, 0.25) is 0 Å². The molecule has 19 heavy (non-hydrogen) atoms. The third-order valence-electron chi connectivity index (χ3n) is 3.05. The van der Waals surface area contributed by atoms with Gasteiger partial charge in [-0.1, -0.05) is 15.9 Å². The molecule has 1 aliphatic heterocycles. The van der Waals surface area contributed by atoms with Crippen molar-refractivity contribution in [2.24, 2.45) is 0 Å². The normalized spacial score (nSPS) is 17.8. The molecule has 0 atom stereocenters. The van der Waals surface area contributed by atoms with Crippen molar-refractivity contribution < 1.29 is 18.3 Å². The molecular formula is C13H14BrF2NO2. The van der Waals surface area contributed by atoms with Crippen LogP contribution in [-0.2, 0) is 11.3 Å². The number of amides is 1. The van der Waals surface area contributed by atoms with Crippen LogP contribution in [0.15, 0.2) is 22.7 Å². The zero-order valence-electron chi connectivity index (χ0n) is 10.5. The molecule has 1 aromatic rings. The first-order valence-electron chi connectivity index (χ1n) is 5.87. The fourth-order valence-corrected chi connectivity index (χ4v) is 2.43. The highest BCUT2D eigenvalue weighted by Crippen LogP contribution is 2.28. The van der Waals surface area contributed by atoms with Crippen molar-refractivity contribution in [1.29, 1.82) is 0 Å². The van der Waals surface area contributed by atoms with E-state index in [4.69, 9.17) is 4.74 Å². The van der Waals surface area contributed by atoms with Crippen LogP contribution in [0, 0.1) is 0 Å². The summed E-state index contributed by atoms with van der Waals surface area (Å²) in [5.74, 6) is -3.12. The van der Waals surface area contributed by atoms with Gasteiger partial charge < -0.3 is 9.64 Å². The standard InChI is InChI=1S/C13H14BrF2NO2/c1-19-7-10-6-9(2-3-11(10)14)12(18)17-5-4-13(15,16)8-17/h2-3,6H,4-5,7-8H2,1H3. The topological polar surface area (TPSA) is 29.5 Å². The number of rotatable bonds is 3. The molecule has 1 heterocycles. The summed E-state index contributed by atoms with van der Waals surface area (Å²) in [6, 6.07) is 5.03. The molecule has 1 aliphatic rings. The molecule has 1 aromatic carbocycles. The summed E-state index contributed by atoms with van der Waals surface area (Å²) in [4.78, 5) is 13.3. The Hall–Kier alpha value is -1.01. The molecule has 0 saturated carbocycles. The lowest BCUT2D eigenvalue weighted by Crippen LogP contribution is -2.31. The van der Waals surface area contributed by atoms with Crippen LogP contribution in [0.2, 0.25) is 0 Å². The number of carbonyl (C=O) groups is 1. The van der Waals surface area contributed by atoms with Gasteiger partial charge in [-0.2, -0.15) is 0 Å². The number of carbonyl (C=O) groups excluding carboxylic acids is 1. The zero-order chi connectivity index (χ0) is 14.0. The van der Waals surface area contributed by atoms with Crippen molar-refractivity contribution >= 4 is 21.8 Å². The summed E-state index contributed by atoms with van der Waals surface area (Å²) in [6.45, 7) is -0.0408. The summed E-state index contributed by atoms with van der Waals surface area (Å²) in [7, 11) is 1.56. The maximum absolute atomic E-state index is 13.1. The van der Waals surface area contributed by atoms with Crippen LogP contribution in [0.4, 0.5) is 8.78 Å². The summed E-state index contributed by atoms with van der Waals surface area (Å²) < 4.78 is 32.1. The predicted octanol–water partition coefficient (Wildman–Crippen LogP) is 3.08. The number of ether oxygens (including phenoxy) is 1. The molecule has 0 aliphatic carbocycles. The lowest BCUT2D eigenvalue weighted by Gasteiger charge is -2.17. The van der Waals surface area contributed by atoms with E-state index < -0.39 is 12.5 Å². The number of hydrogen-bond donors (Lipinski definition) is 0. The minimum atomic E-state index is -2.76. The van der Waals surface area contributed by atoms with Crippen LogP contribution in [-0.4, -0.2) is 36.9 Å². The Balaban J connectivity index is 2.18. The maximum Gasteiger partial charge on any atom is 0.267 e. The van der Waals surface area contributed by atoms with Gasteiger partial charge in [0.05, 0.1) is 13.2 Å². The van der Waals surface area contributed by atoms with Gasteiger partial charge in [0.1, 0.15) is 0 Å². The number of alkyl halides is 2. The van der Waals surface area contributed by atoms with Gasteiger partial charge in [0.25, 0.3) is 11.8 Å². The highest BCUT2D eigenvalue weighted by molar-refractivity contribution is 9.10. The van der Waals surface area contributed by atoms with Crippen molar-refractivity contribution in [2.45, 2.75) is 19.0 Å². The van der Waals surface area contributed by atoms with Crippen molar-refractivity contribution in [3.8, 4) is 0 Å². The Kier molecular flexibility index (Phi) is 4.20. The van der Waals surface area contributed by atoms with E-state index in [9.17, 15) is 13.6 Å². The van der Waals surface area contributed by atoms with Crippen molar-refractivity contribution in [3.63, 3.8) is 0 Å². The predicted molar refractivity (Wildman–Crippen MR) is 70.3 cm³/mol. The molecule has 0 radical (unpaired) electrons. The highest BCUT2D eigenvalue weighted by Gasteiger charge is 2.40. The number of likely N-dealkylation sites (tertiary alicyclic amines) is 1. The molecule has 3 nitrogen and oxygen atoms in total. The first kappa shape index (κ1) is 14.4. The van der Waals surface area contributed by atoms with Gasteiger partial charge in [-0.15, -0.1) is 0 Å². The van der Waals surface area contributed by atoms with Crippen LogP contribution in [0.5, 0.6) is 0 Å². The summed E-state index contributed by atoms with van der Waals surface area (Å²) in [5, 5.41) is 0. The Morgan fingerprint density at radius 1 is 1.53 bits per heavy atom. The minimum Gasteiger partial charge on any atom is -0.380 e. The van der Waals surface area contributed by atoms with Gasteiger partial charge in [-0.25, -0.2) is 8.78 Å². The average Bonchev–Trinajstić information content (AvgIpc) is 2.72. The van der Waals surface area contributed by atoms with Crippen LogP contribution >= 0.6 is 15.9 Å². The Labute approximate surface area is 118 Å². The van der Waals surface area contributed by atoms with E-state index in [-0.39, 0.29) is 18.9 Å². The lowest BCUT2D eigenvalue weighted by atomic mass is 10.1. The second-order valence-electron chi connectivity index (χ2n) is 4.57. The van der Waals surface area contributed by atoms with Gasteiger partial charge in [0, 0.05) is 30.1 Å². The van der Waals surface area contributed by atoms with E-state index in [0.29, 0.717) is 12.2 Å². The third-order valence-corrected chi connectivity index (χ3v) is 3.82. The lowest BCUT2D eigenvalue weighted by molar-refractivity contribution is 0.0120. The molecule has 0 aromatic heterocycles. The molecule has 2 rings (SSSR count). The third kappa shape index (κ3) is 3.30.